The topological polar surface area (TPSA) is 54.0 Å². The van der Waals surface area contributed by atoms with Gasteiger partial charge in [-0.25, -0.2) is 4.39 Å². The summed E-state index contributed by atoms with van der Waals surface area (Å²) in [6.45, 7) is 1.22. The summed E-state index contributed by atoms with van der Waals surface area (Å²) in [5.74, 6) is -0.457. The molecule has 1 fully saturated rings. The van der Waals surface area contributed by atoms with Gasteiger partial charge in [-0.2, -0.15) is 0 Å². The van der Waals surface area contributed by atoms with Gasteiger partial charge in [0.2, 0.25) is 0 Å². The molecule has 2 aromatic rings. The monoisotopic (exact) mass is 388 g/mol. The second kappa shape index (κ2) is 9.78. The second-order valence-electron chi connectivity index (χ2n) is 6.93. The number of benzene rings is 2. The number of alkyl halides is 1. The molecule has 6 heteroatoms. The van der Waals surface area contributed by atoms with Crippen LogP contribution in [0, 0.1) is 0 Å². The fraction of sp³-hybridized carbons (Fsp3) is 0.409. The molecule has 0 N–H and O–H groups in total. The molecule has 0 saturated carbocycles. The normalized spacial score (nSPS) is 24.2. The van der Waals surface area contributed by atoms with Gasteiger partial charge in [-0.3, -0.25) is 4.79 Å². The first-order valence-corrected chi connectivity index (χ1v) is 9.28. The predicted octanol–water partition coefficient (Wildman–Crippen LogP) is 3.81. The lowest BCUT2D eigenvalue weighted by Crippen LogP contribution is -2.37. The Morgan fingerprint density at radius 1 is 1.07 bits per heavy atom. The van der Waals surface area contributed by atoms with Crippen molar-refractivity contribution in [1.82, 2.24) is 0 Å². The van der Waals surface area contributed by atoms with E-state index in [1.807, 2.05) is 60.7 Å². The highest BCUT2D eigenvalue weighted by Gasteiger charge is 2.49. The van der Waals surface area contributed by atoms with Gasteiger partial charge in [0.05, 0.1) is 19.8 Å². The molecule has 3 rings (SSSR count). The third kappa shape index (κ3) is 5.61. The maximum Gasteiger partial charge on any atom is 0.303 e. The lowest BCUT2D eigenvalue weighted by molar-refractivity contribution is -0.215. The van der Waals surface area contributed by atoms with Crippen LogP contribution >= 0.6 is 0 Å². The number of carbonyl (C=O) groups excluding carboxylic acids is 1. The van der Waals surface area contributed by atoms with Crippen LogP contribution in [0.5, 0.6) is 0 Å². The van der Waals surface area contributed by atoms with Crippen molar-refractivity contribution < 1.29 is 28.1 Å². The molecule has 0 radical (unpaired) electrons. The maximum atomic E-state index is 13.9. The average molecular weight is 388 g/mol. The Balaban J connectivity index is 1.61. The molecule has 1 saturated heterocycles. The fourth-order valence-electron chi connectivity index (χ4n) is 3.18. The van der Waals surface area contributed by atoms with Crippen LogP contribution in [0.15, 0.2) is 60.7 Å². The molecule has 0 spiro atoms. The molecule has 0 aromatic heterocycles. The third-order valence-electron chi connectivity index (χ3n) is 4.54. The summed E-state index contributed by atoms with van der Waals surface area (Å²) < 4.78 is 36.6. The van der Waals surface area contributed by atoms with Gasteiger partial charge in [0.1, 0.15) is 12.3 Å². The molecule has 0 amide bonds. The number of halogens is 1. The molecule has 1 heterocycles. The first-order chi connectivity index (χ1) is 13.6. The molecule has 1 aliphatic heterocycles. The van der Waals surface area contributed by atoms with Crippen molar-refractivity contribution >= 4 is 5.97 Å². The predicted molar refractivity (Wildman–Crippen MR) is 101 cm³/mol. The van der Waals surface area contributed by atoms with E-state index >= 15 is 0 Å². The molecular weight excluding hydrogens is 363 g/mol. The minimum Gasteiger partial charge on any atom is -0.457 e. The molecule has 2 aromatic carbocycles. The molecule has 3 atom stereocenters. The first kappa shape index (κ1) is 20.5. The van der Waals surface area contributed by atoms with E-state index in [4.69, 9.17) is 18.9 Å². The van der Waals surface area contributed by atoms with Crippen molar-refractivity contribution in [3.63, 3.8) is 0 Å². The van der Waals surface area contributed by atoms with Gasteiger partial charge in [0, 0.05) is 13.3 Å². The van der Waals surface area contributed by atoms with Gasteiger partial charge in [-0.15, -0.1) is 0 Å². The third-order valence-corrected chi connectivity index (χ3v) is 4.54. The van der Waals surface area contributed by atoms with Crippen molar-refractivity contribution in [3.8, 4) is 0 Å². The first-order valence-electron chi connectivity index (χ1n) is 9.28. The Morgan fingerprint density at radius 3 is 2.25 bits per heavy atom. The summed E-state index contributed by atoms with van der Waals surface area (Å²) >= 11 is 0. The van der Waals surface area contributed by atoms with E-state index in [9.17, 15) is 9.18 Å². The molecule has 28 heavy (non-hydrogen) atoms. The standard InChI is InChI=1S/C22H25FO5/c1-17(24)27-20-12-22(15-23,16-25-13-18-8-4-2-5-9-18)28-21(20)26-14-19-10-6-3-7-11-19/h2-11,20-21H,12-16H2,1H3. The van der Waals surface area contributed by atoms with Gasteiger partial charge < -0.3 is 18.9 Å². The minimum absolute atomic E-state index is 0.0430. The number of rotatable bonds is 9. The summed E-state index contributed by atoms with van der Waals surface area (Å²) in [6.07, 6.45) is -1.35. The summed E-state index contributed by atoms with van der Waals surface area (Å²) in [4.78, 5) is 11.5. The molecular formula is C22H25FO5. The van der Waals surface area contributed by atoms with Crippen molar-refractivity contribution in [1.29, 1.82) is 0 Å². The number of esters is 1. The number of ether oxygens (including phenoxy) is 4. The number of hydrogen-bond acceptors (Lipinski definition) is 5. The summed E-state index contributed by atoms with van der Waals surface area (Å²) in [6, 6.07) is 19.2. The highest BCUT2D eigenvalue weighted by atomic mass is 19.1. The number of hydrogen-bond donors (Lipinski definition) is 0. The van der Waals surface area contributed by atoms with Gasteiger partial charge in [0.15, 0.2) is 12.4 Å². The number of carbonyl (C=O) groups is 1. The van der Waals surface area contributed by atoms with Crippen molar-refractivity contribution in [2.45, 2.75) is 44.6 Å². The Morgan fingerprint density at radius 2 is 1.68 bits per heavy atom. The minimum atomic E-state index is -1.20. The fourth-order valence-corrected chi connectivity index (χ4v) is 3.18. The Bertz CT molecular complexity index is 739. The summed E-state index contributed by atoms with van der Waals surface area (Å²) in [5.41, 5.74) is 0.740. The lowest BCUT2D eigenvalue weighted by Gasteiger charge is -2.25. The van der Waals surface area contributed by atoms with Crippen molar-refractivity contribution in [2.75, 3.05) is 13.3 Å². The van der Waals surface area contributed by atoms with Crippen molar-refractivity contribution in [3.05, 3.63) is 71.8 Å². The van der Waals surface area contributed by atoms with Crippen LogP contribution in [-0.2, 0) is 37.0 Å². The maximum absolute atomic E-state index is 13.9. The smallest absolute Gasteiger partial charge is 0.303 e. The summed E-state index contributed by atoms with van der Waals surface area (Å²) in [7, 11) is 0. The zero-order valence-electron chi connectivity index (χ0n) is 15.9. The van der Waals surface area contributed by atoms with Crippen molar-refractivity contribution in [2.24, 2.45) is 0 Å². The van der Waals surface area contributed by atoms with Crippen LogP contribution in [0.2, 0.25) is 0 Å². The summed E-state index contributed by atoms with van der Waals surface area (Å²) in [5, 5.41) is 0. The van der Waals surface area contributed by atoms with Crippen LogP contribution in [0.1, 0.15) is 24.5 Å². The Labute approximate surface area is 164 Å². The van der Waals surface area contributed by atoms with E-state index in [2.05, 4.69) is 0 Å². The molecule has 3 unspecified atom stereocenters. The highest BCUT2D eigenvalue weighted by Crippen LogP contribution is 2.35. The molecule has 0 bridgehead atoms. The Kier molecular flexibility index (Phi) is 7.14. The van der Waals surface area contributed by atoms with Crippen LogP contribution in [0.25, 0.3) is 0 Å². The molecule has 5 nitrogen and oxygen atoms in total. The van der Waals surface area contributed by atoms with E-state index in [0.717, 1.165) is 11.1 Å². The van der Waals surface area contributed by atoms with E-state index in [1.54, 1.807) is 0 Å². The lowest BCUT2D eigenvalue weighted by atomic mass is 10.0. The van der Waals surface area contributed by atoms with Gasteiger partial charge in [-0.05, 0) is 11.1 Å². The zero-order valence-corrected chi connectivity index (χ0v) is 15.9. The van der Waals surface area contributed by atoms with E-state index < -0.39 is 30.6 Å². The average Bonchev–Trinajstić information content (AvgIpc) is 3.05. The molecule has 1 aliphatic rings. The van der Waals surface area contributed by atoms with Gasteiger partial charge in [-0.1, -0.05) is 60.7 Å². The molecule has 150 valence electrons. The highest BCUT2D eigenvalue weighted by molar-refractivity contribution is 5.66. The van der Waals surface area contributed by atoms with E-state index in [0.29, 0.717) is 6.61 Å². The quantitative estimate of drug-likeness (QED) is 0.612. The van der Waals surface area contributed by atoms with Gasteiger partial charge >= 0.3 is 5.97 Å². The van der Waals surface area contributed by atoms with Crippen LogP contribution in [-0.4, -0.2) is 37.2 Å². The molecule has 0 aliphatic carbocycles. The SMILES string of the molecule is CC(=O)OC1CC(CF)(COCc2ccccc2)OC1OCc1ccccc1. The van der Waals surface area contributed by atoms with Crippen LogP contribution in [0.4, 0.5) is 4.39 Å². The second-order valence-corrected chi connectivity index (χ2v) is 6.93. The van der Waals surface area contributed by atoms with E-state index in [1.165, 1.54) is 6.92 Å². The van der Waals surface area contributed by atoms with Crippen LogP contribution in [0.3, 0.4) is 0 Å². The van der Waals surface area contributed by atoms with Crippen LogP contribution < -0.4 is 0 Å². The Hall–Kier alpha value is -2.28. The zero-order chi connectivity index (χ0) is 19.8. The van der Waals surface area contributed by atoms with E-state index in [-0.39, 0.29) is 19.6 Å². The van der Waals surface area contributed by atoms with Gasteiger partial charge in [0.25, 0.3) is 0 Å². The largest absolute Gasteiger partial charge is 0.457 e.